The topological polar surface area (TPSA) is 58.4 Å². The van der Waals surface area contributed by atoms with Crippen molar-refractivity contribution in [3.05, 3.63) is 0 Å². The lowest BCUT2D eigenvalue weighted by atomic mass is 9.85. The molecule has 4 heteroatoms. The standard InChI is InChI=1S/C13H23N3O/c14-9-3-1-4-10(7-9)16-6-2-5-11-12(16)8-15-13(11)17/h9-12H,1-8,14H2,(H,15,17). The third kappa shape index (κ3) is 2.08. The molecule has 3 fully saturated rings. The smallest absolute Gasteiger partial charge is 0.224 e. The molecule has 0 aromatic carbocycles. The molecule has 17 heavy (non-hydrogen) atoms. The lowest BCUT2D eigenvalue weighted by molar-refractivity contribution is -0.124. The van der Waals surface area contributed by atoms with E-state index in [0.717, 1.165) is 25.9 Å². The minimum absolute atomic E-state index is 0.252. The first-order valence-corrected chi connectivity index (χ1v) is 7.05. The molecule has 1 saturated carbocycles. The Labute approximate surface area is 103 Å². The van der Waals surface area contributed by atoms with Crippen molar-refractivity contribution >= 4 is 5.91 Å². The molecule has 2 saturated heterocycles. The van der Waals surface area contributed by atoms with Gasteiger partial charge in [0.25, 0.3) is 0 Å². The van der Waals surface area contributed by atoms with Crippen molar-refractivity contribution < 1.29 is 4.79 Å². The second-order valence-electron chi connectivity index (χ2n) is 5.88. The maximum atomic E-state index is 11.7. The van der Waals surface area contributed by atoms with E-state index in [9.17, 15) is 4.79 Å². The number of fused-ring (bicyclic) bond motifs is 1. The van der Waals surface area contributed by atoms with E-state index in [1.807, 2.05) is 0 Å². The van der Waals surface area contributed by atoms with Crippen LogP contribution in [0.25, 0.3) is 0 Å². The summed E-state index contributed by atoms with van der Waals surface area (Å²) in [5.74, 6) is 0.529. The van der Waals surface area contributed by atoms with Crippen LogP contribution in [0, 0.1) is 5.92 Å². The Kier molecular flexibility index (Phi) is 3.09. The molecule has 2 heterocycles. The quantitative estimate of drug-likeness (QED) is 0.697. The molecule has 3 aliphatic rings. The number of nitrogens with one attached hydrogen (secondary N) is 1. The van der Waals surface area contributed by atoms with Crippen molar-refractivity contribution in [3.8, 4) is 0 Å². The number of hydrogen-bond acceptors (Lipinski definition) is 3. The van der Waals surface area contributed by atoms with E-state index in [4.69, 9.17) is 5.73 Å². The van der Waals surface area contributed by atoms with Crippen LogP contribution in [0.15, 0.2) is 0 Å². The summed E-state index contributed by atoms with van der Waals surface area (Å²) in [6.45, 7) is 2.02. The van der Waals surface area contributed by atoms with Gasteiger partial charge in [0.05, 0.1) is 5.92 Å². The largest absolute Gasteiger partial charge is 0.354 e. The van der Waals surface area contributed by atoms with Gasteiger partial charge in [0, 0.05) is 24.7 Å². The second-order valence-corrected chi connectivity index (χ2v) is 5.88. The highest BCUT2D eigenvalue weighted by molar-refractivity contribution is 5.82. The first-order chi connectivity index (χ1) is 8.25. The molecule has 3 N–H and O–H groups in total. The maximum absolute atomic E-state index is 11.7. The predicted molar refractivity (Wildman–Crippen MR) is 66.5 cm³/mol. The number of amides is 1. The van der Waals surface area contributed by atoms with Gasteiger partial charge in [0.15, 0.2) is 0 Å². The fraction of sp³-hybridized carbons (Fsp3) is 0.923. The average molecular weight is 237 g/mol. The van der Waals surface area contributed by atoms with Crippen molar-refractivity contribution in [3.63, 3.8) is 0 Å². The van der Waals surface area contributed by atoms with Crippen molar-refractivity contribution in [2.45, 2.75) is 56.7 Å². The van der Waals surface area contributed by atoms with Gasteiger partial charge >= 0.3 is 0 Å². The molecule has 0 radical (unpaired) electrons. The molecule has 3 rings (SSSR count). The predicted octanol–water partition coefficient (Wildman–Crippen LogP) is 0.467. The normalized spacial score (nSPS) is 43.2. The Balaban J connectivity index is 1.71. The summed E-state index contributed by atoms with van der Waals surface area (Å²) in [7, 11) is 0. The second kappa shape index (κ2) is 4.58. The Morgan fingerprint density at radius 3 is 2.94 bits per heavy atom. The first-order valence-electron chi connectivity index (χ1n) is 7.05. The minimum Gasteiger partial charge on any atom is -0.354 e. The van der Waals surface area contributed by atoms with Gasteiger partial charge in [-0.15, -0.1) is 0 Å². The SMILES string of the molecule is NC1CCCC(N2CCCC3C(=O)NCC32)C1. The summed E-state index contributed by atoms with van der Waals surface area (Å²) >= 11 is 0. The molecular weight excluding hydrogens is 214 g/mol. The van der Waals surface area contributed by atoms with E-state index in [2.05, 4.69) is 10.2 Å². The molecule has 0 aromatic heterocycles. The van der Waals surface area contributed by atoms with Crippen LogP contribution in [-0.4, -0.2) is 42.0 Å². The molecule has 0 bridgehead atoms. The van der Waals surface area contributed by atoms with Crippen molar-refractivity contribution in [2.75, 3.05) is 13.1 Å². The number of likely N-dealkylation sites (tertiary alicyclic amines) is 1. The van der Waals surface area contributed by atoms with Crippen LogP contribution in [0.2, 0.25) is 0 Å². The van der Waals surface area contributed by atoms with Gasteiger partial charge in [-0.2, -0.15) is 0 Å². The zero-order chi connectivity index (χ0) is 11.8. The van der Waals surface area contributed by atoms with Crippen LogP contribution in [0.4, 0.5) is 0 Å². The van der Waals surface area contributed by atoms with Gasteiger partial charge < -0.3 is 11.1 Å². The molecule has 4 atom stereocenters. The molecule has 4 unspecified atom stereocenters. The number of nitrogens with zero attached hydrogens (tertiary/aromatic N) is 1. The van der Waals surface area contributed by atoms with Crippen LogP contribution < -0.4 is 11.1 Å². The Morgan fingerprint density at radius 2 is 2.12 bits per heavy atom. The van der Waals surface area contributed by atoms with E-state index >= 15 is 0 Å². The van der Waals surface area contributed by atoms with E-state index in [1.54, 1.807) is 0 Å². The third-order valence-corrected chi connectivity index (χ3v) is 4.80. The van der Waals surface area contributed by atoms with E-state index in [1.165, 1.54) is 25.7 Å². The van der Waals surface area contributed by atoms with Crippen molar-refractivity contribution in [2.24, 2.45) is 11.7 Å². The van der Waals surface area contributed by atoms with Crippen LogP contribution in [0.5, 0.6) is 0 Å². The molecule has 0 spiro atoms. The van der Waals surface area contributed by atoms with Gasteiger partial charge in [-0.3, -0.25) is 9.69 Å². The van der Waals surface area contributed by atoms with E-state index in [0.29, 0.717) is 18.1 Å². The van der Waals surface area contributed by atoms with Crippen molar-refractivity contribution in [1.29, 1.82) is 0 Å². The number of hydrogen-bond donors (Lipinski definition) is 2. The van der Waals surface area contributed by atoms with Gasteiger partial charge in [-0.1, -0.05) is 6.42 Å². The highest BCUT2D eigenvalue weighted by atomic mass is 16.2. The fourth-order valence-electron chi connectivity index (χ4n) is 3.94. The zero-order valence-corrected chi connectivity index (χ0v) is 10.4. The van der Waals surface area contributed by atoms with Crippen molar-refractivity contribution in [1.82, 2.24) is 10.2 Å². The summed E-state index contributed by atoms with van der Waals surface area (Å²) in [4.78, 5) is 14.3. The van der Waals surface area contributed by atoms with Gasteiger partial charge in [0.2, 0.25) is 5.91 Å². The van der Waals surface area contributed by atoms with E-state index in [-0.39, 0.29) is 11.8 Å². The monoisotopic (exact) mass is 237 g/mol. The number of carbonyl (C=O) groups excluding carboxylic acids is 1. The fourth-order valence-corrected chi connectivity index (χ4v) is 3.94. The van der Waals surface area contributed by atoms with Gasteiger partial charge in [-0.05, 0) is 38.6 Å². The molecule has 1 aliphatic carbocycles. The Morgan fingerprint density at radius 1 is 1.24 bits per heavy atom. The summed E-state index contributed by atoms with van der Waals surface area (Å²) in [6.07, 6.45) is 7.06. The number of rotatable bonds is 1. The molecule has 1 amide bonds. The van der Waals surface area contributed by atoms with Gasteiger partial charge in [-0.25, -0.2) is 0 Å². The third-order valence-electron chi connectivity index (χ3n) is 4.80. The molecular formula is C13H23N3O. The molecule has 2 aliphatic heterocycles. The maximum Gasteiger partial charge on any atom is 0.224 e. The van der Waals surface area contributed by atoms with Crippen LogP contribution in [0.3, 0.4) is 0 Å². The summed E-state index contributed by atoms with van der Waals surface area (Å²) in [6, 6.07) is 1.45. The number of carbonyl (C=O) groups is 1. The zero-order valence-electron chi connectivity index (χ0n) is 10.4. The Hall–Kier alpha value is -0.610. The first kappa shape index (κ1) is 11.5. The summed E-state index contributed by atoms with van der Waals surface area (Å²) in [5, 5.41) is 3.03. The van der Waals surface area contributed by atoms with Crippen LogP contribution in [-0.2, 0) is 4.79 Å². The number of piperidine rings is 1. The lowest BCUT2D eigenvalue weighted by Crippen LogP contribution is -2.53. The summed E-state index contributed by atoms with van der Waals surface area (Å²) < 4.78 is 0. The Bertz CT molecular complexity index is 307. The highest BCUT2D eigenvalue weighted by Gasteiger charge is 2.43. The van der Waals surface area contributed by atoms with Gasteiger partial charge in [0.1, 0.15) is 0 Å². The number of nitrogens with two attached hydrogens (primary N) is 1. The molecule has 96 valence electrons. The summed E-state index contributed by atoms with van der Waals surface area (Å²) in [5.41, 5.74) is 6.09. The molecule has 4 nitrogen and oxygen atoms in total. The average Bonchev–Trinajstić information content (AvgIpc) is 2.71. The van der Waals surface area contributed by atoms with Crippen LogP contribution >= 0.6 is 0 Å². The lowest BCUT2D eigenvalue weighted by Gasteiger charge is -2.44. The van der Waals surface area contributed by atoms with E-state index < -0.39 is 0 Å². The minimum atomic E-state index is 0.252. The molecule has 0 aromatic rings. The highest BCUT2D eigenvalue weighted by Crippen LogP contribution is 2.33. The van der Waals surface area contributed by atoms with Crippen LogP contribution in [0.1, 0.15) is 38.5 Å².